The molecule has 2 N–H and O–H groups in total. The molecule has 6 heteroatoms. The van der Waals surface area contributed by atoms with E-state index >= 15 is 0 Å². The highest BCUT2D eigenvalue weighted by atomic mass is 32.2. The second-order valence-electron chi connectivity index (χ2n) is 4.77. The van der Waals surface area contributed by atoms with E-state index < -0.39 is 6.10 Å². The molecule has 0 aliphatic rings. The number of nitrogens with zero attached hydrogens (tertiary/aromatic N) is 1. The minimum Gasteiger partial charge on any atom is -0.497 e. The molecule has 1 heterocycles. The quantitative estimate of drug-likeness (QED) is 0.768. The first-order chi connectivity index (χ1) is 9.58. The maximum absolute atomic E-state index is 9.81. The first-order valence-corrected chi connectivity index (χ1v) is 7.53. The lowest BCUT2D eigenvalue weighted by Crippen LogP contribution is -2.20. The Labute approximate surface area is 122 Å². The number of thioether (sulfide) groups is 1. The molecule has 0 bridgehead atoms. The third-order valence-electron chi connectivity index (χ3n) is 2.70. The molecule has 0 aliphatic heterocycles. The van der Waals surface area contributed by atoms with E-state index in [9.17, 15) is 5.11 Å². The van der Waals surface area contributed by atoms with Gasteiger partial charge in [-0.25, -0.2) is 4.98 Å². The molecular weight excluding hydrogens is 276 g/mol. The number of hydrogen-bond donors (Lipinski definition) is 2. The van der Waals surface area contributed by atoms with Crippen LogP contribution in [0.4, 0.5) is 0 Å². The van der Waals surface area contributed by atoms with Gasteiger partial charge in [0.05, 0.1) is 37.0 Å². The van der Waals surface area contributed by atoms with Gasteiger partial charge in [0.2, 0.25) is 0 Å². The Bertz CT molecular complexity index is 556. The predicted octanol–water partition coefficient (Wildman–Crippen LogP) is 2.45. The van der Waals surface area contributed by atoms with Crippen LogP contribution in [-0.4, -0.2) is 46.8 Å². The molecule has 2 aromatic rings. The van der Waals surface area contributed by atoms with Gasteiger partial charge in [0, 0.05) is 11.8 Å². The van der Waals surface area contributed by atoms with Crippen molar-refractivity contribution >= 4 is 22.8 Å². The van der Waals surface area contributed by atoms with Crippen LogP contribution in [0.1, 0.15) is 13.8 Å². The number of imidazole rings is 1. The summed E-state index contributed by atoms with van der Waals surface area (Å²) in [5, 5.41) is 10.6. The summed E-state index contributed by atoms with van der Waals surface area (Å²) < 4.78 is 10.5. The molecule has 1 unspecified atom stereocenters. The minimum atomic E-state index is -0.495. The van der Waals surface area contributed by atoms with E-state index in [0.717, 1.165) is 21.9 Å². The van der Waals surface area contributed by atoms with Gasteiger partial charge >= 0.3 is 0 Å². The lowest BCUT2D eigenvalue weighted by atomic mass is 10.3. The molecule has 0 fully saturated rings. The van der Waals surface area contributed by atoms with Gasteiger partial charge in [-0.3, -0.25) is 0 Å². The van der Waals surface area contributed by atoms with E-state index in [0.29, 0.717) is 12.4 Å². The van der Waals surface area contributed by atoms with Gasteiger partial charge in [-0.15, -0.1) is 0 Å². The van der Waals surface area contributed by atoms with Gasteiger partial charge in [0.1, 0.15) is 5.75 Å². The molecule has 20 heavy (non-hydrogen) atoms. The van der Waals surface area contributed by atoms with Crippen LogP contribution in [0.2, 0.25) is 0 Å². The van der Waals surface area contributed by atoms with Crippen molar-refractivity contribution in [3.63, 3.8) is 0 Å². The summed E-state index contributed by atoms with van der Waals surface area (Å²) in [5.74, 6) is 1.34. The van der Waals surface area contributed by atoms with Crippen molar-refractivity contribution < 1.29 is 14.6 Å². The fourth-order valence-corrected chi connectivity index (χ4v) is 2.48. The van der Waals surface area contributed by atoms with E-state index in [-0.39, 0.29) is 6.10 Å². The maximum Gasteiger partial charge on any atom is 0.166 e. The molecule has 0 aliphatic carbocycles. The summed E-state index contributed by atoms with van der Waals surface area (Å²) in [6.07, 6.45) is -0.363. The Morgan fingerprint density at radius 3 is 2.90 bits per heavy atom. The fraction of sp³-hybridized carbons (Fsp3) is 0.500. The average molecular weight is 296 g/mol. The normalized spacial score (nSPS) is 13.1. The lowest BCUT2D eigenvalue weighted by molar-refractivity contribution is 0.0152. The molecule has 110 valence electrons. The Balaban J connectivity index is 1.93. The standard InChI is InChI=1S/C14H20N2O3S/c1-9(2)19-7-10(17)8-20-14-15-12-5-4-11(18-3)6-13(12)16-14/h4-6,9-10,17H,7-8H2,1-3H3,(H,15,16). The van der Waals surface area contributed by atoms with Crippen molar-refractivity contribution in [1.82, 2.24) is 9.97 Å². The van der Waals surface area contributed by atoms with E-state index in [1.165, 1.54) is 11.8 Å². The summed E-state index contributed by atoms with van der Waals surface area (Å²) in [6.45, 7) is 4.25. The Morgan fingerprint density at radius 2 is 2.20 bits per heavy atom. The topological polar surface area (TPSA) is 67.4 Å². The SMILES string of the molecule is COc1ccc2nc(SCC(O)COC(C)C)[nH]c2c1. The number of H-pyrrole nitrogens is 1. The lowest BCUT2D eigenvalue weighted by Gasteiger charge is -2.12. The highest BCUT2D eigenvalue weighted by Gasteiger charge is 2.09. The first-order valence-electron chi connectivity index (χ1n) is 6.54. The van der Waals surface area contributed by atoms with Crippen molar-refractivity contribution in [2.75, 3.05) is 19.5 Å². The molecule has 2 rings (SSSR count). The molecule has 0 spiro atoms. The first kappa shape index (κ1) is 15.2. The highest BCUT2D eigenvalue weighted by Crippen LogP contribution is 2.23. The fourth-order valence-electron chi connectivity index (χ4n) is 1.69. The number of methoxy groups -OCH3 is 1. The predicted molar refractivity (Wildman–Crippen MR) is 80.5 cm³/mol. The van der Waals surface area contributed by atoms with Gasteiger partial charge in [-0.05, 0) is 26.0 Å². The van der Waals surface area contributed by atoms with Gasteiger partial charge in [0.15, 0.2) is 5.16 Å². The third-order valence-corrected chi connectivity index (χ3v) is 3.72. The van der Waals surface area contributed by atoms with Crippen LogP contribution in [0, 0.1) is 0 Å². The zero-order valence-corrected chi connectivity index (χ0v) is 12.7. The molecule has 0 radical (unpaired) electrons. The van der Waals surface area contributed by atoms with Crippen LogP contribution >= 0.6 is 11.8 Å². The zero-order valence-electron chi connectivity index (χ0n) is 11.9. The van der Waals surface area contributed by atoms with Crippen LogP contribution in [0.15, 0.2) is 23.4 Å². The molecule has 1 atom stereocenters. The summed E-state index contributed by atoms with van der Waals surface area (Å²) in [5.41, 5.74) is 1.82. The van der Waals surface area contributed by atoms with Crippen LogP contribution in [0.25, 0.3) is 11.0 Å². The molecular formula is C14H20N2O3S. The van der Waals surface area contributed by atoms with Crippen LogP contribution in [0.3, 0.4) is 0 Å². The maximum atomic E-state index is 9.81. The molecule has 0 saturated carbocycles. The summed E-state index contributed by atoms with van der Waals surface area (Å²) in [7, 11) is 1.64. The van der Waals surface area contributed by atoms with E-state index in [2.05, 4.69) is 9.97 Å². The molecule has 0 saturated heterocycles. The highest BCUT2D eigenvalue weighted by molar-refractivity contribution is 7.99. The summed E-state index contributed by atoms with van der Waals surface area (Å²) >= 11 is 1.48. The Morgan fingerprint density at radius 1 is 1.40 bits per heavy atom. The van der Waals surface area contributed by atoms with Crippen molar-refractivity contribution in [3.8, 4) is 5.75 Å². The van der Waals surface area contributed by atoms with Gasteiger partial charge < -0.3 is 19.6 Å². The van der Waals surface area contributed by atoms with Crippen molar-refractivity contribution in [1.29, 1.82) is 0 Å². The zero-order chi connectivity index (χ0) is 14.5. The monoisotopic (exact) mass is 296 g/mol. The molecule has 0 amide bonds. The second-order valence-corrected chi connectivity index (χ2v) is 5.78. The van der Waals surface area contributed by atoms with Crippen molar-refractivity contribution in [2.24, 2.45) is 0 Å². The third kappa shape index (κ3) is 4.13. The van der Waals surface area contributed by atoms with Crippen LogP contribution in [-0.2, 0) is 4.74 Å². The smallest absolute Gasteiger partial charge is 0.166 e. The largest absolute Gasteiger partial charge is 0.497 e. The molecule has 1 aromatic carbocycles. The number of fused-ring (bicyclic) bond motifs is 1. The Kier molecular flexibility index (Phi) is 5.28. The number of rotatable bonds is 7. The number of nitrogens with one attached hydrogen (secondary N) is 1. The van der Waals surface area contributed by atoms with E-state index in [1.54, 1.807) is 7.11 Å². The number of aliphatic hydroxyl groups excluding tert-OH is 1. The minimum absolute atomic E-state index is 0.133. The van der Waals surface area contributed by atoms with Crippen molar-refractivity contribution in [2.45, 2.75) is 31.2 Å². The van der Waals surface area contributed by atoms with E-state index in [4.69, 9.17) is 9.47 Å². The number of benzene rings is 1. The number of hydrogen-bond acceptors (Lipinski definition) is 5. The van der Waals surface area contributed by atoms with Crippen molar-refractivity contribution in [3.05, 3.63) is 18.2 Å². The van der Waals surface area contributed by atoms with Gasteiger partial charge in [0.25, 0.3) is 0 Å². The molecule has 5 nitrogen and oxygen atoms in total. The number of aromatic nitrogens is 2. The number of ether oxygens (including phenoxy) is 2. The number of aliphatic hydroxyl groups is 1. The second kappa shape index (κ2) is 6.97. The molecule has 1 aromatic heterocycles. The number of aromatic amines is 1. The summed E-state index contributed by atoms with van der Waals surface area (Å²) in [4.78, 5) is 7.67. The average Bonchev–Trinajstić information content (AvgIpc) is 2.84. The van der Waals surface area contributed by atoms with Gasteiger partial charge in [-0.1, -0.05) is 11.8 Å². The van der Waals surface area contributed by atoms with Crippen LogP contribution in [0.5, 0.6) is 5.75 Å². The Hall–Kier alpha value is -1.24. The van der Waals surface area contributed by atoms with Crippen LogP contribution < -0.4 is 4.74 Å². The summed E-state index contributed by atoms with van der Waals surface area (Å²) in [6, 6.07) is 5.70. The van der Waals surface area contributed by atoms with Gasteiger partial charge in [-0.2, -0.15) is 0 Å². The van der Waals surface area contributed by atoms with E-state index in [1.807, 2.05) is 32.0 Å².